The van der Waals surface area contributed by atoms with E-state index in [1.54, 1.807) is 0 Å². The lowest BCUT2D eigenvalue weighted by atomic mass is 10.2. The second-order valence-corrected chi connectivity index (χ2v) is 5.75. The molecule has 0 aromatic heterocycles. The summed E-state index contributed by atoms with van der Waals surface area (Å²) in [5, 5.41) is 0. The molecule has 92 valence electrons. The lowest BCUT2D eigenvalue weighted by Crippen LogP contribution is -2.19. The van der Waals surface area contributed by atoms with Gasteiger partial charge < -0.3 is 4.90 Å². The van der Waals surface area contributed by atoms with Gasteiger partial charge in [-0.2, -0.15) is 0 Å². The Labute approximate surface area is 117 Å². The highest BCUT2D eigenvalue weighted by molar-refractivity contribution is 7.99. The van der Waals surface area contributed by atoms with Crippen LogP contribution < -0.4 is 4.90 Å². The van der Waals surface area contributed by atoms with Gasteiger partial charge in [-0.15, -0.1) is 0 Å². The third-order valence-corrected chi connectivity index (χ3v) is 4.60. The number of fused-ring (bicyclic) bond motifs is 2. The first-order valence-corrected chi connectivity index (χ1v) is 7.27. The molecule has 4 rings (SSSR count). The molecule has 19 heavy (non-hydrogen) atoms. The SMILES string of the molecule is C1=CCC(N2c3ccccc3Sc3ccccc32)=C1. The van der Waals surface area contributed by atoms with Gasteiger partial charge in [-0.25, -0.2) is 0 Å². The fourth-order valence-corrected chi connectivity index (χ4v) is 3.67. The number of nitrogens with zero attached hydrogens (tertiary/aromatic N) is 1. The van der Waals surface area contributed by atoms with Crippen molar-refractivity contribution in [3.63, 3.8) is 0 Å². The Morgan fingerprint density at radius 3 is 2.05 bits per heavy atom. The van der Waals surface area contributed by atoms with Crippen LogP contribution in [0.3, 0.4) is 0 Å². The van der Waals surface area contributed by atoms with Crippen LogP contribution in [0.15, 0.2) is 82.2 Å². The lowest BCUT2D eigenvalue weighted by molar-refractivity contribution is 1.05. The Balaban J connectivity index is 1.93. The van der Waals surface area contributed by atoms with Crippen LogP contribution in [0.4, 0.5) is 11.4 Å². The molecule has 1 nitrogen and oxygen atoms in total. The van der Waals surface area contributed by atoms with Crippen molar-refractivity contribution < 1.29 is 0 Å². The summed E-state index contributed by atoms with van der Waals surface area (Å²) in [5.41, 5.74) is 3.93. The van der Waals surface area contributed by atoms with Crippen molar-refractivity contribution in [2.75, 3.05) is 4.90 Å². The van der Waals surface area contributed by atoms with E-state index in [2.05, 4.69) is 71.7 Å². The van der Waals surface area contributed by atoms with Crippen LogP contribution in [0, 0.1) is 0 Å². The van der Waals surface area contributed by atoms with Crippen LogP contribution >= 0.6 is 11.8 Å². The van der Waals surface area contributed by atoms with Gasteiger partial charge >= 0.3 is 0 Å². The van der Waals surface area contributed by atoms with E-state index >= 15 is 0 Å². The zero-order valence-electron chi connectivity index (χ0n) is 10.4. The molecule has 2 aliphatic rings. The standard InChI is InChI=1S/C17H13NS/c1-2-8-13(7-1)18-14-9-3-5-11-16(14)19-17-12-6-4-10-15(17)18/h1-7,9-12H,8H2. The first-order chi connectivity index (χ1) is 9.43. The minimum absolute atomic E-state index is 1.01. The van der Waals surface area contributed by atoms with Crippen molar-refractivity contribution in [1.29, 1.82) is 0 Å². The molecular weight excluding hydrogens is 250 g/mol. The minimum Gasteiger partial charge on any atom is -0.312 e. The quantitative estimate of drug-likeness (QED) is 0.701. The second kappa shape index (κ2) is 4.32. The smallest absolute Gasteiger partial charge is 0.0598 e. The number of para-hydroxylation sites is 2. The summed E-state index contributed by atoms with van der Waals surface area (Å²) in [4.78, 5) is 5.05. The normalized spacial score (nSPS) is 16.0. The Hall–Kier alpha value is -1.93. The van der Waals surface area contributed by atoms with E-state index in [1.165, 1.54) is 26.9 Å². The molecule has 0 unspecified atom stereocenters. The number of allylic oxidation sites excluding steroid dienone is 3. The van der Waals surface area contributed by atoms with Gasteiger partial charge in [-0.1, -0.05) is 48.2 Å². The van der Waals surface area contributed by atoms with Crippen molar-refractivity contribution in [1.82, 2.24) is 0 Å². The maximum Gasteiger partial charge on any atom is 0.0598 e. The number of hydrogen-bond acceptors (Lipinski definition) is 2. The highest BCUT2D eigenvalue weighted by Crippen LogP contribution is 2.50. The third-order valence-electron chi connectivity index (χ3n) is 3.47. The summed E-state index contributed by atoms with van der Waals surface area (Å²) in [6.45, 7) is 0. The zero-order chi connectivity index (χ0) is 12.7. The van der Waals surface area contributed by atoms with Crippen molar-refractivity contribution in [3.05, 3.63) is 72.5 Å². The molecular formula is C17H13NS. The molecule has 2 aromatic carbocycles. The van der Waals surface area contributed by atoms with E-state index in [0.29, 0.717) is 0 Å². The first kappa shape index (κ1) is 10.9. The molecule has 2 heteroatoms. The fraction of sp³-hybridized carbons (Fsp3) is 0.0588. The average Bonchev–Trinajstić information content (AvgIpc) is 2.98. The number of anilines is 2. The molecule has 1 heterocycles. The predicted molar refractivity (Wildman–Crippen MR) is 81.0 cm³/mol. The van der Waals surface area contributed by atoms with Crippen LogP contribution in [-0.4, -0.2) is 0 Å². The highest BCUT2D eigenvalue weighted by Gasteiger charge is 2.25. The van der Waals surface area contributed by atoms with Crippen LogP contribution in [-0.2, 0) is 0 Å². The van der Waals surface area contributed by atoms with Crippen LogP contribution in [0.1, 0.15) is 6.42 Å². The van der Waals surface area contributed by atoms with Gasteiger partial charge in [0.2, 0.25) is 0 Å². The summed E-state index contributed by atoms with van der Waals surface area (Å²) in [6.07, 6.45) is 7.57. The Morgan fingerprint density at radius 2 is 1.47 bits per heavy atom. The number of hydrogen-bond donors (Lipinski definition) is 0. The molecule has 0 spiro atoms. The number of benzene rings is 2. The molecule has 2 aromatic rings. The van der Waals surface area contributed by atoms with E-state index < -0.39 is 0 Å². The van der Waals surface area contributed by atoms with E-state index in [4.69, 9.17) is 0 Å². The molecule has 0 saturated carbocycles. The largest absolute Gasteiger partial charge is 0.312 e. The van der Waals surface area contributed by atoms with Crippen molar-refractivity contribution in [2.24, 2.45) is 0 Å². The van der Waals surface area contributed by atoms with Crippen LogP contribution in [0.25, 0.3) is 0 Å². The summed E-state index contributed by atoms with van der Waals surface area (Å²) in [6, 6.07) is 17.3. The van der Waals surface area contributed by atoms with Gasteiger partial charge in [-0.05, 0) is 30.3 Å². The molecule has 0 atom stereocenters. The predicted octanol–water partition coefficient (Wildman–Crippen LogP) is 5.13. The number of rotatable bonds is 1. The molecule has 0 saturated heterocycles. The minimum atomic E-state index is 1.01. The van der Waals surface area contributed by atoms with E-state index in [0.717, 1.165) is 6.42 Å². The zero-order valence-corrected chi connectivity index (χ0v) is 11.2. The van der Waals surface area contributed by atoms with Crippen LogP contribution in [0.5, 0.6) is 0 Å². The molecule has 0 radical (unpaired) electrons. The topological polar surface area (TPSA) is 3.24 Å². The van der Waals surface area contributed by atoms with Crippen molar-refractivity contribution >= 4 is 23.1 Å². The highest BCUT2D eigenvalue weighted by atomic mass is 32.2. The summed E-state index contributed by atoms with van der Waals surface area (Å²) < 4.78 is 0. The Morgan fingerprint density at radius 1 is 0.842 bits per heavy atom. The first-order valence-electron chi connectivity index (χ1n) is 6.45. The molecule has 1 aliphatic carbocycles. The Kier molecular flexibility index (Phi) is 2.49. The van der Waals surface area contributed by atoms with Gasteiger partial charge in [0, 0.05) is 21.9 Å². The average molecular weight is 263 g/mol. The fourth-order valence-electron chi connectivity index (χ4n) is 2.62. The van der Waals surface area contributed by atoms with Gasteiger partial charge in [0.25, 0.3) is 0 Å². The summed E-state index contributed by atoms with van der Waals surface area (Å²) in [5.74, 6) is 0. The van der Waals surface area contributed by atoms with Crippen molar-refractivity contribution in [2.45, 2.75) is 16.2 Å². The molecule has 0 fully saturated rings. The molecule has 1 aliphatic heterocycles. The lowest BCUT2D eigenvalue weighted by Gasteiger charge is -2.33. The van der Waals surface area contributed by atoms with Gasteiger partial charge in [0.15, 0.2) is 0 Å². The molecule has 0 amide bonds. The Bertz CT molecular complexity index is 654. The van der Waals surface area contributed by atoms with E-state index in [1.807, 2.05) is 11.8 Å². The summed E-state index contributed by atoms with van der Waals surface area (Å²) in [7, 11) is 0. The van der Waals surface area contributed by atoms with E-state index in [-0.39, 0.29) is 0 Å². The van der Waals surface area contributed by atoms with Gasteiger partial charge in [0.1, 0.15) is 0 Å². The molecule has 0 bridgehead atoms. The maximum atomic E-state index is 2.39. The molecule has 0 N–H and O–H groups in total. The van der Waals surface area contributed by atoms with Crippen molar-refractivity contribution in [3.8, 4) is 0 Å². The second-order valence-electron chi connectivity index (χ2n) is 4.66. The van der Waals surface area contributed by atoms with E-state index in [9.17, 15) is 0 Å². The monoisotopic (exact) mass is 263 g/mol. The maximum absolute atomic E-state index is 2.39. The van der Waals surface area contributed by atoms with Crippen LogP contribution in [0.2, 0.25) is 0 Å². The summed E-state index contributed by atoms with van der Waals surface area (Å²) >= 11 is 1.86. The van der Waals surface area contributed by atoms with Gasteiger partial charge in [0.05, 0.1) is 11.4 Å². The van der Waals surface area contributed by atoms with Gasteiger partial charge in [-0.3, -0.25) is 0 Å². The third kappa shape index (κ3) is 1.71.